The van der Waals surface area contributed by atoms with Gasteiger partial charge in [0.05, 0.1) is 5.75 Å². The maximum absolute atomic E-state index is 13.0. The molecule has 0 spiro atoms. The maximum atomic E-state index is 13.0. The highest BCUT2D eigenvalue weighted by molar-refractivity contribution is 7.89. The van der Waals surface area contributed by atoms with E-state index in [9.17, 15) is 13.2 Å². The van der Waals surface area contributed by atoms with E-state index in [2.05, 4.69) is 27.7 Å². The lowest BCUT2D eigenvalue weighted by molar-refractivity contribution is -0.128. The van der Waals surface area contributed by atoms with Crippen molar-refractivity contribution in [2.45, 2.75) is 53.4 Å². The zero-order chi connectivity index (χ0) is 16.3. The second-order valence-electron chi connectivity index (χ2n) is 8.69. The second-order valence-corrected chi connectivity index (χ2v) is 10.7. The molecule has 0 amide bonds. The van der Waals surface area contributed by atoms with Crippen LogP contribution < -0.4 is 0 Å². The summed E-state index contributed by atoms with van der Waals surface area (Å²) >= 11 is 0. The minimum atomic E-state index is -3.37. The quantitative estimate of drug-likeness (QED) is 0.801. The number of sulfonamides is 1. The van der Waals surface area contributed by atoms with Crippen molar-refractivity contribution in [3.63, 3.8) is 0 Å². The van der Waals surface area contributed by atoms with Gasteiger partial charge in [0.1, 0.15) is 5.78 Å². The van der Waals surface area contributed by atoms with Gasteiger partial charge in [0.25, 0.3) is 0 Å². The molecule has 126 valence electrons. The predicted molar refractivity (Wildman–Crippen MR) is 86.9 cm³/mol. The fourth-order valence-electron chi connectivity index (χ4n) is 5.34. The number of rotatable bonds is 3. The lowest BCUT2D eigenvalue weighted by atomic mass is 9.70. The average Bonchev–Trinajstić information content (AvgIpc) is 2.71. The minimum absolute atomic E-state index is 0.0295. The van der Waals surface area contributed by atoms with Crippen molar-refractivity contribution in [3.05, 3.63) is 0 Å². The van der Waals surface area contributed by atoms with Crippen LogP contribution in [0.1, 0.15) is 53.4 Å². The van der Waals surface area contributed by atoms with Gasteiger partial charge in [-0.15, -0.1) is 0 Å². The van der Waals surface area contributed by atoms with Gasteiger partial charge < -0.3 is 0 Å². The molecule has 0 radical (unpaired) electrons. The van der Waals surface area contributed by atoms with E-state index in [1.165, 1.54) is 0 Å². The van der Waals surface area contributed by atoms with Crippen LogP contribution in [0.4, 0.5) is 0 Å². The third kappa shape index (κ3) is 2.27. The number of nitrogens with zero attached hydrogens (tertiary/aromatic N) is 1. The number of carbonyl (C=O) groups is 1. The van der Waals surface area contributed by atoms with Crippen LogP contribution >= 0.6 is 0 Å². The van der Waals surface area contributed by atoms with Gasteiger partial charge in [-0.3, -0.25) is 4.79 Å². The summed E-state index contributed by atoms with van der Waals surface area (Å²) in [5, 5.41) is 0. The van der Waals surface area contributed by atoms with Crippen molar-refractivity contribution in [3.8, 4) is 0 Å². The van der Waals surface area contributed by atoms with Crippen LogP contribution in [0.5, 0.6) is 0 Å². The van der Waals surface area contributed by atoms with E-state index in [0.29, 0.717) is 37.3 Å². The molecule has 0 aromatic carbocycles. The van der Waals surface area contributed by atoms with Gasteiger partial charge in [0.15, 0.2) is 0 Å². The molecule has 2 saturated carbocycles. The fourth-order valence-corrected chi connectivity index (χ4v) is 7.79. The van der Waals surface area contributed by atoms with Gasteiger partial charge in [0.2, 0.25) is 10.0 Å². The van der Waals surface area contributed by atoms with E-state index < -0.39 is 15.4 Å². The second kappa shape index (κ2) is 5.04. The molecule has 1 saturated heterocycles. The minimum Gasteiger partial charge on any atom is -0.299 e. The molecule has 5 heteroatoms. The molecule has 2 bridgehead atoms. The molecule has 3 aliphatic rings. The van der Waals surface area contributed by atoms with Crippen LogP contribution in [0.15, 0.2) is 0 Å². The number of fused-ring (bicyclic) bond motifs is 2. The molecule has 4 atom stereocenters. The van der Waals surface area contributed by atoms with E-state index in [1.807, 2.05) is 0 Å². The highest BCUT2D eigenvalue weighted by Crippen LogP contribution is 2.64. The van der Waals surface area contributed by atoms with Gasteiger partial charge in [0, 0.05) is 24.9 Å². The largest absolute Gasteiger partial charge is 0.299 e. The van der Waals surface area contributed by atoms with Gasteiger partial charge in [-0.2, -0.15) is 0 Å². The molecule has 0 aromatic rings. The molecular formula is C17H29NO3S. The zero-order valence-corrected chi connectivity index (χ0v) is 15.1. The van der Waals surface area contributed by atoms with Crippen LogP contribution in [0.3, 0.4) is 0 Å². The van der Waals surface area contributed by atoms with E-state index in [4.69, 9.17) is 0 Å². The first kappa shape index (κ1) is 16.4. The monoisotopic (exact) mass is 327 g/mol. The number of ketones is 1. The third-order valence-electron chi connectivity index (χ3n) is 6.80. The third-order valence-corrected chi connectivity index (χ3v) is 8.74. The molecule has 3 rings (SSSR count). The lowest BCUT2D eigenvalue weighted by Crippen LogP contribution is -2.50. The molecule has 2 aliphatic carbocycles. The Morgan fingerprint density at radius 2 is 1.77 bits per heavy atom. The predicted octanol–water partition coefficient (Wildman–Crippen LogP) is 2.69. The van der Waals surface area contributed by atoms with Gasteiger partial charge >= 0.3 is 0 Å². The smallest absolute Gasteiger partial charge is 0.215 e. The molecule has 0 unspecified atom stereocenters. The number of carbonyl (C=O) groups excluding carboxylic acids is 1. The molecule has 4 nitrogen and oxygen atoms in total. The van der Waals surface area contributed by atoms with Crippen molar-refractivity contribution in [2.24, 2.45) is 28.6 Å². The Morgan fingerprint density at radius 1 is 1.18 bits per heavy atom. The molecular weight excluding hydrogens is 298 g/mol. The number of hydrogen-bond acceptors (Lipinski definition) is 3. The highest BCUT2D eigenvalue weighted by Gasteiger charge is 2.65. The lowest BCUT2D eigenvalue weighted by Gasteiger charge is -2.40. The number of Topliss-reactive ketones (excluding diaryl/α,β-unsaturated/α-hetero) is 1. The SMILES string of the molecule is C[C@@H]1C[C@@H](C)CN(S(=O)(=O)C[C@]23CC[C@@H](CC2=O)C3(C)C)C1. The van der Waals surface area contributed by atoms with Gasteiger partial charge in [-0.1, -0.05) is 27.7 Å². The van der Waals surface area contributed by atoms with E-state index in [1.54, 1.807) is 4.31 Å². The summed E-state index contributed by atoms with van der Waals surface area (Å²) in [5.74, 6) is 1.39. The van der Waals surface area contributed by atoms with E-state index in [-0.39, 0.29) is 17.0 Å². The van der Waals surface area contributed by atoms with Crippen LogP contribution in [0.2, 0.25) is 0 Å². The Bertz CT molecular complexity index is 573. The Kier molecular flexibility index (Phi) is 3.76. The number of hydrogen-bond donors (Lipinski definition) is 0. The van der Waals surface area contributed by atoms with Crippen LogP contribution in [0, 0.1) is 28.6 Å². The van der Waals surface area contributed by atoms with Crippen molar-refractivity contribution >= 4 is 15.8 Å². The average molecular weight is 327 g/mol. The van der Waals surface area contributed by atoms with Crippen molar-refractivity contribution in [1.82, 2.24) is 4.31 Å². The molecule has 22 heavy (non-hydrogen) atoms. The number of piperidine rings is 1. The van der Waals surface area contributed by atoms with Crippen LogP contribution in [-0.4, -0.2) is 37.3 Å². The zero-order valence-electron chi connectivity index (χ0n) is 14.3. The Balaban J connectivity index is 1.87. The highest BCUT2D eigenvalue weighted by atomic mass is 32.2. The first-order valence-corrected chi connectivity index (χ1v) is 10.2. The summed E-state index contributed by atoms with van der Waals surface area (Å²) in [6.07, 6.45) is 3.42. The standard InChI is InChI=1S/C17H29NO3S/c1-12-7-13(2)10-18(9-12)22(20,21)11-17-6-5-14(8-15(17)19)16(17,3)4/h12-14H,5-11H2,1-4H3/t12-,13-,14+,17-/m1/s1. The Hall–Kier alpha value is -0.420. The van der Waals surface area contributed by atoms with E-state index >= 15 is 0 Å². The Morgan fingerprint density at radius 3 is 2.23 bits per heavy atom. The summed E-state index contributed by atoms with van der Waals surface area (Å²) in [6, 6.07) is 0. The molecule has 1 heterocycles. The summed E-state index contributed by atoms with van der Waals surface area (Å²) in [6.45, 7) is 9.67. The maximum Gasteiger partial charge on any atom is 0.215 e. The van der Waals surface area contributed by atoms with Crippen LogP contribution in [0.25, 0.3) is 0 Å². The molecule has 1 aliphatic heterocycles. The molecule has 0 aromatic heterocycles. The summed E-state index contributed by atoms with van der Waals surface area (Å²) in [5.41, 5.74) is -0.815. The van der Waals surface area contributed by atoms with E-state index in [0.717, 1.165) is 19.3 Å². The first-order chi connectivity index (χ1) is 10.1. The summed E-state index contributed by atoms with van der Waals surface area (Å²) < 4.78 is 27.7. The molecule has 0 N–H and O–H groups in total. The topological polar surface area (TPSA) is 54.5 Å². The van der Waals surface area contributed by atoms with Gasteiger partial charge in [-0.25, -0.2) is 12.7 Å². The van der Waals surface area contributed by atoms with Crippen molar-refractivity contribution < 1.29 is 13.2 Å². The Labute approximate surface area is 134 Å². The summed E-state index contributed by atoms with van der Waals surface area (Å²) in [7, 11) is -3.37. The van der Waals surface area contributed by atoms with Crippen molar-refractivity contribution in [2.75, 3.05) is 18.8 Å². The summed E-state index contributed by atoms with van der Waals surface area (Å²) in [4.78, 5) is 12.6. The normalized spacial score (nSPS) is 42.0. The van der Waals surface area contributed by atoms with Crippen molar-refractivity contribution in [1.29, 1.82) is 0 Å². The van der Waals surface area contributed by atoms with Crippen LogP contribution in [-0.2, 0) is 14.8 Å². The van der Waals surface area contributed by atoms with Gasteiger partial charge in [-0.05, 0) is 42.4 Å². The fraction of sp³-hybridized carbons (Fsp3) is 0.941. The molecule has 3 fully saturated rings. The first-order valence-electron chi connectivity index (χ1n) is 8.59.